The van der Waals surface area contributed by atoms with Gasteiger partial charge in [0.2, 0.25) is 0 Å². The highest BCUT2D eigenvalue weighted by Crippen LogP contribution is 2.40. The number of hydrogen-bond acceptors (Lipinski definition) is 5. The third-order valence-electron chi connectivity index (χ3n) is 4.26. The molecule has 3 rings (SSSR count). The van der Waals surface area contributed by atoms with Crippen molar-refractivity contribution >= 4 is 79.4 Å². The van der Waals surface area contributed by atoms with Crippen LogP contribution in [0.2, 0.25) is 10.0 Å². The number of rotatable bonds is 7. The molecule has 2 aromatic carbocycles. The van der Waals surface area contributed by atoms with E-state index in [1.165, 1.54) is 11.8 Å². The van der Waals surface area contributed by atoms with Crippen molar-refractivity contribution in [2.75, 3.05) is 13.7 Å². The first-order valence-electron chi connectivity index (χ1n) is 9.03. The Morgan fingerprint density at radius 1 is 1.27 bits per heavy atom. The van der Waals surface area contributed by atoms with Gasteiger partial charge in [-0.1, -0.05) is 60.2 Å². The number of benzene rings is 2. The molecule has 0 unspecified atom stereocenters. The lowest BCUT2D eigenvalue weighted by Gasteiger charge is -2.14. The fourth-order valence-corrected chi connectivity index (χ4v) is 5.17. The number of nitrogens with zero attached hydrogens (tertiary/aromatic N) is 1. The number of halogens is 3. The summed E-state index contributed by atoms with van der Waals surface area (Å²) in [5, 5.41) is 1.10. The van der Waals surface area contributed by atoms with Crippen LogP contribution in [-0.4, -0.2) is 28.8 Å². The Kier molecular flexibility index (Phi) is 8.10. The highest BCUT2D eigenvalue weighted by Gasteiger charge is 2.31. The van der Waals surface area contributed by atoms with E-state index in [1.807, 2.05) is 31.2 Å². The standard InChI is InChI=1S/C21H18BrCl2NO3S2/c1-3-6-25-20(26)18(30-21(25)29)9-12-7-15(22)19(17(8-12)27-2)28-11-13-4-5-14(23)10-16(13)24/h4-5,7-10H,3,6,11H2,1-2H3/b18-9-. The second kappa shape index (κ2) is 10.4. The van der Waals surface area contributed by atoms with E-state index in [1.54, 1.807) is 24.1 Å². The molecule has 1 aliphatic rings. The minimum Gasteiger partial charge on any atom is -0.493 e. The molecule has 0 atom stereocenters. The van der Waals surface area contributed by atoms with Crippen LogP contribution in [0.1, 0.15) is 24.5 Å². The molecule has 4 nitrogen and oxygen atoms in total. The molecular weight excluding hydrogens is 529 g/mol. The van der Waals surface area contributed by atoms with Crippen LogP contribution in [0.4, 0.5) is 0 Å². The van der Waals surface area contributed by atoms with Crippen molar-refractivity contribution in [3.63, 3.8) is 0 Å². The molecule has 9 heteroatoms. The average Bonchev–Trinajstić information content (AvgIpc) is 2.95. The normalized spacial score (nSPS) is 15.2. The van der Waals surface area contributed by atoms with Gasteiger partial charge in [0.15, 0.2) is 11.5 Å². The fourth-order valence-electron chi connectivity index (χ4n) is 2.82. The molecule has 30 heavy (non-hydrogen) atoms. The number of hydrogen-bond donors (Lipinski definition) is 0. The van der Waals surface area contributed by atoms with E-state index in [9.17, 15) is 4.79 Å². The Balaban J connectivity index is 1.84. The van der Waals surface area contributed by atoms with E-state index in [0.29, 0.717) is 41.8 Å². The monoisotopic (exact) mass is 545 g/mol. The molecule has 0 N–H and O–H groups in total. The first kappa shape index (κ1) is 23.4. The molecule has 1 fully saturated rings. The number of amides is 1. The summed E-state index contributed by atoms with van der Waals surface area (Å²) in [6, 6.07) is 8.93. The molecule has 158 valence electrons. The number of thiocarbonyl (C=S) groups is 1. The maximum atomic E-state index is 12.6. The van der Waals surface area contributed by atoms with Gasteiger partial charge in [-0.05, 0) is 58.3 Å². The number of thioether (sulfide) groups is 1. The SMILES string of the molecule is CCCN1C(=O)/C(=C/c2cc(Br)c(OCc3ccc(Cl)cc3Cl)c(OC)c2)SC1=S. The van der Waals surface area contributed by atoms with Crippen LogP contribution >= 0.6 is 63.1 Å². The molecule has 1 amide bonds. The molecule has 1 aliphatic heterocycles. The third-order valence-corrected chi connectivity index (χ3v) is 6.81. The van der Waals surface area contributed by atoms with Crippen LogP contribution in [0.25, 0.3) is 6.08 Å². The largest absolute Gasteiger partial charge is 0.493 e. The van der Waals surface area contributed by atoms with Gasteiger partial charge in [0.1, 0.15) is 10.9 Å². The lowest BCUT2D eigenvalue weighted by atomic mass is 10.1. The Morgan fingerprint density at radius 3 is 2.70 bits per heavy atom. The van der Waals surface area contributed by atoms with Crippen molar-refractivity contribution < 1.29 is 14.3 Å². The molecule has 0 aromatic heterocycles. The highest BCUT2D eigenvalue weighted by atomic mass is 79.9. The predicted molar refractivity (Wildman–Crippen MR) is 132 cm³/mol. The summed E-state index contributed by atoms with van der Waals surface area (Å²) in [6.45, 7) is 2.88. The minimum atomic E-state index is -0.0698. The first-order valence-corrected chi connectivity index (χ1v) is 11.8. The van der Waals surface area contributed by atoms with Gasteiger partial charge in [-0.2, -0.15) is 0 Å². The fraction of sp³-hybridized carbons (Fsp3) is 0.238. The van der Waals surface area contributed by atoms with Gasteiger partial charge in [-0.3, -0.25) is 9.69 Å². The minimum absolute atomic E-state index is 0.0698. The van der Waals surface area contributed by atoms with Crippen molar-refractivity contribution in [3.8, 4) is 11.5 Å². The summed E-state index contributed by atoms with van der Waals surface area (Å²) >= 11 is 22.3. The Hall–Kier alpha value is -1.25. The van der Waals surface area contributed by atoms with Gasteiger partial charge < -0.3 is 9.47 Å². The van der Waals surface area contributed by atoms with Crippen LogP contribution < -0.4 is 9.47 Å². The smallest absolute Gasteiger partial charge is 0.266 e. The summed E-state index contributed by atoms with van der Waals surface area (Å²) < 4.78 is 12.7. The van der Waals surface area contributed by atoms with Crippen molar-refractivity contribution in [2.45, 2.75) is 20.0 Å². The van der Waals surface area contributed by atoms with Gasteiger partial charge in [0.05, 0.1) is 16.5 Å². The van der Waals surface area contributed by atoms with Crippen LogP contribution in [0.5, 0.6) is 11.5 Å². The van der Waals surface area contributed by atoms with Crippen molar-refractivity contribution in [2.24, 2.45) is 0 Å². The van der Waals surface area contributed by atoms with E-state index in [4.69, 9.17) is 44.9 Å². The number of methoxy groups -OCH3 is 1. The molecule has 0 aliphatic carbocycles. The second-order valence-corrected chi connectivity index (χ2v) is 9.77. The number of ether oxygens (including phenoxy) is 2. The van der Waals surface area contributed by atoms with Gasteiger partial charge in [-0.25, -0.2) is 0 Å². The molecule has 2 aromatic rings. The lowest BCUT2D eigenvalue weighted by Crippen LogP contribution is -2.28. The quantitative estimate of drug-likeness (QED) is 0.277. The zero-order valence-corrected chi connectivity index (χ0v) is 20.9. The number of carbonyl (C=O) groups excluding carboxylic acids is 1. The van der Waals surface area contributed by atoms with Crippen LogP contribution in [0.15, 0.2) is 39.7 Å². The van der Waals surface area contributed by atoms with Crippen LogP contribution in [0.3, 0.4) is 0 Å². The van der Waals surface area contributed by atoms with E-state index >= 15 is 0 Å². The average molecular weight is 547 g/mol. The molecule has 0 radical (unpaired) electrons. The summed E-state index contributed by atoms with van der Waals surface area (Å²) in [5.41, 5.74) is 1.60. The molecule has 1 saturated heterocycles. The Bertz CT molecular complexity index is 1030. The zero-order valence-electron chi connectivity index (χ0n) is 16.2. The Labute approximate surface area is 203 Å². The van der Waals surface area contributed by atoms with E-state index in [-0.39, 0.29) is 12.5 Å². The number of carbonyl (C=O) groups is 1. The summed E-state index contributed by atoms with van der Waals surface area (Å²) in [5.74, 6) is 1.00. The van der Waals surface area contributed by atoms with E-state index in [2.05, 4.69) is 15.9 Å². The maximum Gasteiger partial charge on any atom is 0.266 e. The topological polar surface area (TPSA) is 38.8 Å². The van der Waals surface area contributed by atoms with Crippen molar-refractivity contribution in [1.29, 1.82) is 0 Å². The lowest BCUT2D eigenvalue weighted by molar-refractivity contribution is -0.122. The molecule has 0 bridgehead atoms. The van der Waals surface area contributed by atoms with Crippen molar-refractivity contribution in [3.05, 3.63) is 60.9 Å². The van der Waals surface area contributed by atoms with Gasteiger partial charge >= 0.3 is 0 Å². The molecular formula is C21H18BrCl2NO3S2. The summed E-state index contributed by atoms with van der Waals surface area (Å²) in [7, 11) is 1.56. The first-order chi connectivity index (χ1) is 14.3. The highest BCUT2D eigenvalue weighted by molar-refractivity contribution is 9.10. The van der Waals surface area contributed by atoms with Crippen molar-refractivity contribution in [1.82, 2.24) is 4.90 Å². The van der Waals surface area contributed by atoms with E-state index < -0.39 is 0 Å². The van der Waals surface area contributed by atoms with Gasteiger partial charge in [0.25, 0.3) is 5.91 Å². The summed E-state index contributed by atoms with van der Waals surface area (Å²) in [6.07, 6.45) is 2.66. The van der Waals surface area contributed by atoms with E-state index in [0.717, 1.165) is 17.5 Å². The van der Waals surface area contributed by atoms with Crippen LogP contribution in [0, 0.1) is 0 Å². The summed E-state index contributed by atoms with van der Waals surface area (Å²) in [4.78, 5) is 14.8. The molecule has 1 heterocycles. The zero-order chi connectivity index (χ0) is 21.8. The predicted octanol–water partition coefficient (Wildman–Crippen LogP) is 6.95. The third kappa shape index (κ3) is 5.32. The van der Waals surface area contributed by atoms with Gasteiger partial charge in [-0.15, -0.1) is 0 Å². The molecule has 0 spiro atoms. The maximum absolute atomic E-state index is 12.6. The molecule has 0 saturated carbocycles. The van der Waals surface area contributed by atoms with Gasteiger partial charge in [0, 0.05) is 22.2 Å². The second-order valence-electron chi connectivity index (χ2n) is 6.39. The van der Waals surface area contributed by atoms with Crippen LogP contribution in [-0.2, 0) is 11.4 Å². The Morgan fingerprint density at radius 2 is 2.03 bits per heavy atom.